The highest BCUT2D eigenvalue weighted by molar-refractivity contribution is 4.96. The Morgan fingerprint density at radius 1 is 0.900 bits per heavy atom. The third kappa shape index (κ3) is 6.19. The summed E-state index contributed by atoms with van der Waals surface area (Å²) in [6, 6.07) is 0. The van der Waals surface area contributed by atoms with E-state index in [0.29, 0.717) is 0 Å². The molecule has 20 heavy (non-hydrogen) atoms. The summed E-state index contributed by atoms with van der Waals surface area (Å²) in [5, 5.41) is 0. The van der Waals surface area contributed by atoms with E-state index in [-0.39, 0.29) is 0 Å². The number of unbranched alkanes of at least 4 members (excludes halogenated alkanes) is 2. The Morgan fingerprint density at radius 2 is 1.60 bits per heavy atom. The fourth-order valence-corrected chi connectivity index (χ4v) is 4.51. The SMILES string of the molecule is CCCCCC1C(C)C1C(C)CCCC(C)CC(C)C. The van der Waals surface area contributed by atoms with E-state index in [1.54, 1.807) is 0 Å². The second-order valence-corrected chi connectivity index (χ2v) is 8.24. The predicted molar refractivity (Wildman–Crippen MR) is 91.9 cm³/mol. The van der Waals surface area contributed by atoms with Gasteiger partial charge in [0.2, 0.25) is 0 Å². The van der Waals surface area contributed by atoms with Crippen molar-refractivity contribution in [3.8, 4) is 0 Å². The maximum absolute atomic E-state index is 2.52. The molecule has 0 amide bonds. The van der Waals surface area contributed by atoms with Crippen LogP contribution in [0.25, 0.3) is 0 Å². The Hall–Kier alpha value is 0. The Kier molecular flexibility index (Phi) is 8.22. The van der Waals surface area contributed by atoms with E-state index in [0.717, 1.165) is 35.5 Å². The summed E-state index contributed by atoms with van der Waals surface area (Å²) in [5.41, 5.74) is 0. The van der Waals surface area contributed by atoms with Crippen LogP contribution in [0.1, 0.15) is 92.9 Å². The van der Waals surface area contributed by atoms with Crippen LogP contribution in [0.4, 0.5) is 0 Å². The molecular weight excluding hydrogens is 240 g/mol. The Labute approximate surface area is 129 Å². The summed E-state index contributed by atoms with van der Waals surface area (Å²) in [6.45, 7) is 14.5. The zero-order valence-corrected chi connectivity index (χ0v) is 15.1. The molecular formula is C20H40. The van der Waals surface area contributed by atoms with Gasteiger partial charge in [0.05, 0.1) is 0 Å². The molecule has 1 fully saturated rings. The van der Waals surface area contributed by atoms with Gasteiger partial charge in [-0.1, -0.05) is 80.1 Å². The zero-order valence-electron chi connectivity index (χ0n) is 15.1. The molecule has 0 nitrogen and oxygen atoms in total. The second-order valence-electron chi connectivity index (χ2n) is 8.24. The topological polar surface area (TPSA) is 0 Å². The minimum Gasteiger partial charge on any atom is -0.0654 e. The first kappa shape index (κ1) is 18.1. The molecule has 120 valence electrons. The molecule has 5 unspecified atom stereocenters. The Balaban J connectivity index is 2.12. The molecule has 0 aromatic heterocycles. The summed E-state index contributed by atoms with van der Waals surface area (Å²) >= 11 is 0. The molecule has 1 saturated carbocycles. The first-order valence-corrected chi connectivity index (χ1v) is 9.47. The Morgan fingerprint density at radius 3 is 2.20 bits per heavy atom. The lowest BCUT2D eigenvalue weighted by atomic mass is 9.90. The second kappa shape index (κ2) is 9.11. The van der Waals surface area contributed by atoms with Gasteiger partial charge in [0, 0.05) is 0 Å². The van der Waals surface area contributed by atoms with Crippen LogP contribution in [0.3, 0.4) is 0 Å². The first-order valence-electron chi connectivity index (χ1n) is 9.47. The third-order valence-electron chi connectivity index (χ3n) is 5.66. The van der Waals surface area contributed by atoms with Gasteiger partial charge in [-0.25, -0.2) is 0 Å². The summed E-state index contributed by atoms with van der Waals surface area (Å²) in [6.07, 6.45) is 11.6. The van der Waals surface area contributed by atoms with Gasteiger partial charge in [0.1, 0.15) is 0 Å². The lowest BCUT2D eigenvalue weighted by Crippen LogP contribution is -2.04. The van der Waals surface area contributed by atoms with Crippen molar-refractivity contribution < 1.29 is 0 Å². The average molecular weight is 281 g/mol. The average Bonchev–Trinajstić information content (AvgIpc) is 2.99. The molecule has 0 aromatic rings. The maximum atomic E-state index is 2.52. The van der Waals surface area contributed by atoms with E-state index < -0.39 is 0 Å². The number of hydrogen-bond donors (Lipinski definition) is 0. The van der Waals surface area contributed by atoms with E-state index in [9.17, 15) is 0 Å². The van der Waals surface area contributed by atoms with Crippen LogP contribution >= 0.6 is 0 Å². The van der Waals surface area contributed by atoms with Gasteiger partial charge in [0.25, 0.3) is 0 Å². The maximum Gasteiger partial charge on any atom is -0.0329 e. The lowest BCUT2D eigenvalue weighted by molar-refractivity contribution is 0.358. The van der Waals surface area contributed by atoms with Gasteiger partial charge in [0.15, 0.2) is 0 Å². The van der Waals surface area contributed by atoms with Crippen molar-refractivity contribution in [3.63, 3.8) is 0 Å². The van der Waals surface area contributed by atoms with Crippen LogP contribution in [0.15, 0.2) is 0 Å². The lowest BCUT2D eigenvalue weighted by Gasteiger charge is -2.16. The summed E-state index contributed by atoms with van der Waals surface area (Å²) in [7, 11) is 0. The fraction of sp³-hybridized carbons (Fsp3) is 1.00. The Bertz CT molecular complexity index is 242. The minimum absolute atomic E-state index is 0.869. The fourth-order valence-electron chi connectivity index (χ4n) is 4.51. The van der Waals surface area contributed by atoms with E-state index in [1.165, 1.54) is 51.4 Å². The predicted octanol–water partition coefficient (Wildman–Crippen LogP) is 6.94. The van der Waals surface area contributed by atoms with Crippen LogP contribution in [-0.4, -0.2) is 0 Å². The molecule has 0 radical (unpaired) electrons. The molecule has 0 heterocycles. The molecule has 0 aromatic carbocycles. The summed E-state index contributed by atoms with van der Waals surface area (Å²) in [5.74, 6) is 5.93. The highest BCUT2D eigenvalue weighted by Crippen LogP contribution is 2.54. The standard InChI is InChI=1S/C20H40/c1-7-8-9-13-19-18(6)20(19)17(5)12-10-11-16(4)14-15(2)3/h15-20H,7-14H2,1-6H3. The molecule has 5 atom stereocenters. The largest absolute Gasteiger partial charge is 0.0654 e. The molecule has 0 aliphatic heterocycles. The van der Waals surface area contributed by atoms with Crippen LogP contribution in [0.2, 0.25) is 0 Å². The van der Waals surface area contributed by atoms with Gasteiger partial charge in [-0.05, 0) is 48.3 Å². The third-order valence-corrected chi connectivity index (χ3v) is 5.66. The molecule has 1 rings (SSSR count). The minimum atomic E-state index is 0.869. The van der Waals surface area contributed by atoms with E-state index in [2.05, 4.69) is 41.5 Å². The number of rotatable bonds is 11. The van der Waals surface area contributed by atoms with E-state index in [1.807, 2.05) is 0 Å². The molecule has 0 saturated heterocycles. The summed E-state index contributed by atoms with van der Waals surface area (Å²) < 4.78 is 0. The van der Waals surface area contributed by atoms with Crippen molar-refractivity contribution in [3.05, 3.63) is 0 Å². The van der Waals surface area contributed by atoms with Gasteiger partial charge in [-0.2, -0.15) is 0 Å². The van der Waals surface area contributed by atoms with Crippen molar-refractivity contribution in [1.82, 2.24) is 0 Å². The molecule has 0 bridgehead atoms. The number of hydrogen-bond acceptors (Lipinski definition) is 0. The van der Waals surface area contributed by atoms with E-state index in [4.69, 9.17) is 0 Å². The molecule has 0 spiro atoms. The first-order chi connectivity index (χ1) is 9.47. The van der Waals surface area contributed by atoms with Gasteiger partial charge < -0.3 is 0 Å². The molecule has 0 heteroatoms. The molecule has 1 aliphatic carbocycles. The van der Waals surface area contributed by atoms with Crippen LogP contribution in [-0.2, 0) is 0 Å². The highest BCUT2D eigenvalue weighted by atomic mass is 14.5. The van der Waals surface area contributed by atoms with Crippen molar-refractivity contribution in [2.45, 2.75) is 92.9 Å². The van der Waals surface area contributed by atoms with Crippen molar-refractivity contribution >= 4 is 0 Å². The quantitative estimate of drug-likeness (QED) is 0.360. The summed E-state index contributed by atoms with van der Waals surface area (Å²) in [4.78, 5) is 0. The molecule has 1 aliphatic rings. The van der Waals surface area contributed by atoms with Gasteiger partial charge in [-0.15, -0.1) is 0 Å². The van der Waals surface area contributed by atoms with Crippen LogP contribution in [0, 0.1) is 35.5 Å². The normalized spacial score (nSPS) is 28.6. The van der Waals surface area contributed by atoms with Crippen molar-refractivity contribution in [2.24, 2.45) is 35.5 Å². The van der Waals surface area contributed by atoms with Crippen molar-refractivity contribution in [1.29, 1.82) is 0 Å². The van der Waals surface area contributed by atoms with E-state index >= 15 is 0 Å². The molecule has 0 N–H and O–H groups in total. The van der Waals surface area contributed by atoms with Crippen molar-refractivity contribution in [2.75, 3.05) is 0 Å². The van der Waals surface area contributed by atoms with Gasteiger partial charge >= 0.3 is 0 Å². The monoisotopic (exact) mass is 280 g/mol. The van der Waals surface area contributed by atoms with Gasteiger partial charge in [-0.3, -0.25) is 0 Å². The smallest absolute Gasteiger partial charge is 0.0329 e. The van der Waals surface area contributed by atoms with Crippen LogP contribution in [0.5, 0.6) is 0 Å². The highest BCUT2D eigenvalue weighted by Gasteiger charge is 2.47. The van der Waals surface area contributed by atoms with Crippen LogP contribution < -0.4 is 0 Å². The zero-order chi connectivity index (χ0) is 15.1.